The van der Waals surface area contributed by atoms with Crippen LogP contribution in [0.4, 0.5) is 13.2 Å². The summed E-state index contributed by atoms with van der Waals surface area (Å²) in [6.45, 7) is -0.443. The molecule has 1 fully saturated rings. The van der Waals surface area contributed by atoms with Crippen molar-refractivity contribution in [1.82, 2.24) is 16.0 Å². The van der Waals surface area contributed by atoms with Crippen LogP contribution in [0.2, 0.25) is 0 Å². The van der Waals surface area contributed by atoms with Gasteiger partial charge < -0.3 is 16.0 Å². The number of rotatable bonds is 7. The number of thiol groups is 1. The summed E-state index contributed by atoms with van der Waals surface area (Å²) in [5, 5.41) is 7.92. The number of carbonyl (C=O) groups excluding carboxylic acids is 3. The van der Waals surface area contributed by atoms with E-state index in [9.17, 15) is 36.0 Å². The largest absolute Gasteiger partial charge is 0.416 e. The van der Waals surface area contributed by atoms with Gasteiger partial charge in [0.25, 0.3) is 11.8 Å². The van der Waals surface area contributed by atoms with Crippen molar-refractivity contribution >= 4 is 28.4 Å². The molecule has 1 aliphatic carbocycles. The maximum atomic E-state index is 12.8. The van der Waals surface area contributed by atoms with Crippen LogP contribution in [-0.4, -0.2) is 44.8 Å². The lowest BCUT2D eigenvalue weighted by atomic mass is 9.90. The molecule has 3 N–H and O–H groups in total. The lowest BCUT2D eigenvalue weighted by Gasteiger charge is -2.33. The zero-order valence-corrected chi connectivity index (χ0v) is 19.3. The van der Waals surface area contributed by atoms with Gasteiger partial charge in [0.15, 0.2) is 10.7 Å². The van der Waals surface area contributed by atoms with E-state index < -0.39 is 52.8 Å². The summed E-state index contributed by atoms with van der Waals surface area (Å²) in [6.07, 6.45) is -1.74. The average Bonchev–Trinajstić information content (AvgIpc) is 2.83. The Labute approximate surface area is 201 Å². The summed E-state index contributed by atoms with van der Waals surface area (Å²) in [7, 11) is -2.75. The Bertz CT molecular complexity index is 1160. The maximum Gasteiger partial charge on any atom is 0.416 e. The number of hydrogen-bond acceptors (Lipinski definition) is 5. The molecule has 0 unspecified atom stereocenters. The van der Waals surface area contributed by atoms with Gasteiger partial charge in [-0.2, -0.15) is 13.2 Å². The highest BCUT2D eigenvalue weighted by molar-refractivity contribution is 7.72. The maximum absolute atomic E-state index is 12.8. The van der Waals surface area contributed by atoms with Gasteiger partial charge in [0.1, 0.15) is 0 Å². The highest BCUT2D eigenvalue weighted by Gasteiger charge is 2.31. The zero-order chi connectivity index (χ0) is 25.6. The van der Waals surface area contributed by atoms with E-state index in [0.717, 1.165) is 25.0 Å². The highest BCUT2D eigenvalue weighted by atomic mass is 32.2. The fraction of sp³-hybridized carbons (Fsp3) is 0.348. The molecule has 0 heterocycles. The minimum Gasteiger partial charge on any atom is -0.350 e. The first-order chi connectivity index (χ1) is 16.5. The van der Waals surface area contributed by atoms with E-state index in [1.165, 1.54) is 30.3 Å². The first kappa shape index (κ1) is 26.2. The molecule has 0 radical (unpaired) electrons. The number of halogens is 3. The first-order valence-corrected chi connectivity index (χ1v) is 12.0. The second-order valence-corrected chi connectivity index (χ2v) is 9.13. The summed E-state index contributed by atoms with van der Waals surface area (Å²) < 4.78 is 60.5. The van der Waals surface area contributed by atoms with Crippen molar-refractivity contribution < 1.29 is 36.0 Å². The lowest BCUT2D eigenvalue weighted by Crippen LogP contribution is -2.54. The molecule has 35 heavy (non-hydrogen) atoms. The van der Waals surface area contributed by atoms with Gasteiger partial charge in [-0.05, 0) is 55.3 Å². The summed E-state index contributed by atoms with van der Waals surface area (Å²) >= 11 is 0. The molecule has 0 aliphatic heterocycles. The monoisotopic (exact) mass is 511 g/mol. The lowest BCUT2D eigenvalue weighted by molar-refractivity contribution is -0.137. The Morgan fingerprint density at radius 3 is 2.09 bits per heavy atom. The number of hydrogen-bond donors (Lipinski definition) is 4. The molecular weight excluding hydrogens is 487 g/mol. The van der Waals surface area contributed by atoms with E-state index in [1.807, 2.05) is 0 Å². The van der Waals surface area contributed by atoms with Crippen molar-refractivity contribution in [2.45, 2.75) is 48.8 Å². The topological polar surface area (TPSA) is 121 Å². The van der Waals surface area contributed by atoms with Gasteiger partial charge >= 0.3 is 6.18 Å². The van der Waals surface area contributed by atoms with Gasteiger partial charge in [-0.25, -0.2) is 8.42 Å². The fourth-order valence-corrected chi connectivity index (χ4v) is 4.21. The van der Waals surface area contributed by atoms with Gasteiger partial charge in [-0.1, -0.05) is 18.9 Å². The van der Waals surface area contributed by atoms with Gasteiger partial charge in [-0.3, -0.25) is 14.4 Å². The predicted molar refractivity (Wildman–Crippen MR) is 120 cm³/mol. The van der Waals surface area contributed by atoms with Crippen LogP contribution in [0.15, 0.2) is 53.4 Å². The van der Waals surface area contributed by atoms with E-state index in [2.05, 4.69) is 16.0 Å². The summed E-state index contributed by atoms with van der Waals surface area (Å²) in [4.78, 5) is 37.3. The van der Waals surface area contributed by atoms with Crippen LogP contribution in [-0.2, 0) is 21.7 Å². The second-order valence-electron chi connectivity index (χ2n) is 8.10. The molecule has 0 saturated heterocycles. The minimum absolute atomic E-state index is 0.0894. The van der Waals surface area contributed by atoms with E-state index in [1.54, 1.807) is 0 Å². The molecule has 12 heteroatoms. The Balaban J connectivity index is 1.55. The van der Waals surface area contributed by atoms with Crippen LogP contribution in [0.1, 0.15) is 52.0 Å². The molecule has 0 spiro atoms. The molecular formula is C23H24F3N3O5S. The van der Waals surface area contributed by atoms with Crippen molar-refractivity contribution in [3.8, 4) is 0 Å². The highest BCUT2D eigenvalue weighted by Crippen LogP contribution is 2.29. The van der Waals surface area contributed by atoms with Gasteiger partial charge in [0.05, 0.1) is 17.0 Å². The number of alkyl halides is 3. The molecule has 3 amide bonds. The zero-order valence-electron chi connectivity index (χ0n) is 18.4. The Hall–Kier alpha value is -3.41. The number of amides is 3. The normalized spacial score (nSPS) is 18.1. The van der Waals surface area contributed by atoms with Crippen LogP contribution < -0.4 is 16.0 Å². The van der Waals surface area contributed by atoms with Crippen LogP contribution in [0, 0.1) is 0 Å². The quantitative estimate of drug-likeness (QED) is 0.425. The van der Waals surface area contributed by atoms with E-state index in [0.29, 0.717) is 18.9 Å². The number of benzene rings is 2. The van der Waals surface area contributed by atoms with E-state index in [4.69, 9.17) is 0 Å². The third-order valence-corrected chi connectivity index (χ3v) is 6.35. The van der Waals surface area contributed by atoms with Gasteiger partial charge in [0.2, 0.25) is 5.91 Å². The fourth-order valence-electron chi connectivity index (χ4n) is 3.82. The summed E-state index contributed by atoms with van der Waals surface area (Å²) in [6, 6.07) is 8.56. The van der Waals surface area contributed by atoms with Gasteiger partial charge in [0, 0.05) is 23.2 Å². The standard InChI is InChI=1S/C23H24F3N3O5S/c24-23(25,26)16-5-3-4-15(12-16)21(31)27-13-20(30)28-18-6-1-2-7-19(18)29-22(32)14-8-10-17(11-9-14)35(33)34/h3-5,8-12,18-19,35H,1-2,6-7,13H2,(H,27,31)(H,28,30)(H,29,32)/t18-,19+/m0/s1. The first-order valence-electron chi connectivity index (χ1n) is 10.8. The number of nitrogens with one attached hydrogen (secondary N) is 3. The molecule has 2 aromatic rings. The molecule has 3 rings (SSSR count). The molecule has 2 aromatic carbocycles. The van der Waals surface area contributed by atoms with Crippen LogP contribution in [0.3, 0.4) is 0 Å². The molecule has 8 nitrogen and oxygen atoms in total. The molecule has 0 bridgehead atoms. The summed E-state index contributed by atoms with van der Waals surface area (Å²) in [5.74, 6) is -1.77. The smallest absolute Gasteiger partial charge is 0.350 e. The van der Waals surface area contributed by atoms with Crippen molar-refractivity contribution in [2.24, 2.45) is 0 Å². The molecule has 1 aliphatic rings. The van der Waals surface area contributed by atoms with Crippen LogP contribution in [0.5, 0.6) is 0 Å². The Morgan fingerprint density at radius 1 is 0.857 bits per heavy atom. The predicted octanol–water partition coefficient (Wildman–Crippen LogP) is 2.26. The van der Waals surface area contributed by atoms with Crippen molar-refractivity contribution in [3.63, 3.8) is 0 Å². The average molecular weight is 512 g/mol. The number of carbonyl (C=O) groups is 3. The summed E-state index contributed by atoms with van der Waals surface area (Å²) in [5.41, 5.74) is -0.913. The SMILES string of the molecule is O=C(CNC(=O)c1cccc(C(F)(F)F)c1)N[C@H]1CCCC[C@H]1NC(=O)c1ccc([SH](=O)=O)cc1. The van der Waals surface area contributed by atoms with E-state index >= 15 is 0 Å². The molecule has 1 saturated carbocycles. The third kappa shape index (κ3) is 7.28. The molecule has 188 valence electrons. The van der Waals surface area contributed by atoms with E-state index in [-0.39, 0.29) is 22.1 Å². The van der Waals surface area contributed by atoms with Crippen molar-refractivity contribution in [1.29, 1.82) is 0 Å². The van der Waals surface area contributed by atoms with Gasteiger partial charge in [-0.15, -0.1) is 0 Å². The van der Waals surface area contributed by atoms with Crippen LogP contribution >= 0.6 is 0 Å². The molecule has 0 aromatic heterocycles. The van der Waals surface area contributed by atoms with Crippen molar-refractivity contribution in [3.05, 3.63) is 65.2 Å². The third-order valence-electron chi connectivity index (χ3n) is 5.63. The van der Waals surface area contributed by atoms with Crippen molar-refractivity contribution in [2.75, 3.05) is 6.54 Å². The Morgan fingerprint density at radius 2 is 1.49 bits per heavy atom. The van der Waals surface area contributed by atoms with Crippen LogP contribution in [0.25, 0.3) is 0 Å². The minimum atomic E-state index is -4.59. The Kier molecular flexibility index (Phi) is 8.49. The molecule has 2 atom stereocenters. The second kappa shape index (κ2) is 11.3.